The summed E-state index contributed by atoms with van der Waals surface area (Å²) in [5, 5.41) is 22.5. The van der Waals surface area contributed by atoms with Crippen LogP contribution in [0.1, 0.15) is 5.56 Å². The minimum absolute atomic E-state index is 0.242. The van der Waals surface area contributed by atoms with Gasteiger partial charge in [-0.2, -0.15) is 0 Å². The van der Waals surface area contributed by atoms with E-state index in [1.807, 2.05) is 0 Å². The lowest BCUT2D eigenvalue weighted by Crippen LogP contribution is -2.30. The van der Waals surface area contributed by atoms with Crippen LogP contribution in [0.2, 0.25) is 0 Å². The number of nitrogens with two attached hydrogens (primary N) is 1. The Bertz CT molecular complexity index is 417. The van der Waals surface area contributed by atoms with Crippen LogP contribution in [0, 0.1) is 0 Å². The maximum atomic E-state index is 10.7. The Morgan fingerprint density at radius 2 is 2.00 bits per heavy atom. The van der Waals surface area contributed by atoms with Gasteiger partial charge < -0.3 is 10.0 Å². The molecule has 0 unspecified atom stereocenters. The smallest absolute Gasteiger partial charge is 0.423 e. The molecule has 5 nitrogen and oxygen atoms in total. The number of sulfonamides is 1. The van der Waals surface area contributed by atoms with Gasteiger partial charge in [-0.05, 0) is 11.0 Å². The van der Waals surface area contributed by atoms with E-state index >= 15 is 0 Å². The zero-order valence-corrected chi connectivity index (χ0v) is 8.11. The lowest BCUT2D eigenvalue weighted by atomic mass is 9.80. The molecule has 1 rings (SSSR count). The van der Waals surface area contributed by atoms with Crippen LogP contribution in [0.15, 0.2) is 24.3 Å². The molecular formula is C7H10BNO4S. The van der Waals surface area contributed by atoms with Crippen molar-refractivity contribution in [3.05, 3.63) is 29.8 Å². The Hall–Kier alpha value is -0.885. The van der Waals surface area contributed by atoms with Gasteiger partial charge in [0.25, 0.3) is 0 Å². The monoisotopic (exact) mass is 215 g/mol. The maximum absolute atomic E-state index is 10.7. The highest BCUT2D eigenvalue weighted by Gasteiger charge is 2.12. The molecule has 1 aromatic carbocycles. The van der Waals surface area contributed by atoms with Crippen LogP contribution in [0.3, 0.4) is 0 Å². The zero-order valence-electron chi connectivity index (χ0n) is 7.29. The van der Waals surface area contributed by atoms with E-state index in [9.17, 15) is 8.42 Å². The number of rotatable bonds is 3. The van der Waals surface area contributed by atoms with Gasteiger partial charge >= 0.3 is 7.12 Å². The molecule has 0 aliphatic carbocycles. The second-order valence-corrected chi connectivity index (χ2v) is 4.54. The fourth-order valence-corrected chi connectivity index (χ4v) is 1.72. The van der Waals surface area contributed by atoms with Gasteiger partial charge in [0.1, 0.15) is 0 Å². The number of benzene rings is 1. The van der Waals surface area contributed by atoms with Crippen LogP contribution >= 0.6 is 0 Å². The minimum atomic E-state index is -3.58. The van der Waals surface area contributed by atoms with Crippen molar-refractivity contribution in [3.63, 3.8) is 0 Å². The van der Waals surface area contributed by atoms with Crippen LogP contribution in [0.25, 0.3) is 0 Å². The summed E-state index contributed by atoms with van der Waals surface area (Å²) in [7, 11) is -5.18. The molecule has 76 valence electrons. The summed E-state index contributed by atoms with van der Waals surface area (Å²) >= 11 is 0. The lowest BCUT2D eigenvalue weighted by Gasteiger charge is -2.02. The number of primary sulfonamides is 1. The first-order valence-corrected chi connectivity index (χ1v) is 5.55. The van der Waals surface area contributed by atoms with Crippen molar-refractivity contribution < 1.29 is 18.5 Å². The van der Waals surface area contributed by atoms with Crippen molar-refractivity contribution >= 4 is 22.6 Å². The van der Waals surface area contributed by atoms with Gasteiger partial charge in [-0.3, -0.25) is 0 Å². The zero-order chi connectivity index (χ0) is 10.8. The quantitative estimate of drug-likeness (QED) is 0.515. The third-order valence-electron chi connectivity index (χ3n) is 1.62. The first-order valence-electron chi connectivity index (χ1n) is 3.84. The van der Waals surface area contributed by atoms with Crippen molar-refractivity contribution in [1.82, 2.24) is 0 Å². The van der Waals surface area contributed by atoms with Gasteiger partial charge in [0.15, 0.2) is 0 Å². The van der Waals surface area contributed by atoms with Gasteiger partial charge in [-0.25, -0.2) is 13.6 Å². The Balaban J connectivity index is 2.95. The van der Waals surface area contributed by atoms with Crippen LogP contribution in [0.4, 0.5) is 0 Å². The third-order valence-corrected chi connectivity index (χ3v) is 2.35. The molecule has 0 saturated carbocycles. The summed E-state index contributed by atoms with van der Waals surface area (Å²) in [6.07, 6.45) is 0. The van der Waals surface area contributed by atoms with Crippen molar-refractivity contribution in [3.8, 4) is 0 Å². The Labute approximate surface area is 82.4 Å². The molecule has 0 atom stereocenters. The summed E-state index contributed by atoms with van der Waals surface area (Å²) in [4.78, 5) is 0. The van der Waals surface area contributed by atoms with E-state index in [-0.39, 0.29) is 11.2 Å². The topological polar surface area (TPSA) is 101 Å². The molecule has 0 fully saturated rings. The molecule has 0 aliphatic rings. The van der Waals surface area contributed by atoms with Gasteiger partial charge in [0.05, 0.1) is 5.75 Å². The molecule has 14 heavy (non-hydrogen) atoms. The summed E-state index contributed by atoms with van der Waals surface area (Å²) in [6, 6.07) is 5.96. The van der Waals surface area contributed by atoms with Crippen molar-refractivity contribution in [2.45, 2.75) is 5.75 Å². The molecular weight excluding hydrogens is 205 g/mol. The normalized spacial score (nSPS) is 11.4. The van der Waals surface area contributed by atoms with Gasteiger partial charge in [-0.1, -0.05) is 24.3 Å². The highest BCUT2D eigenvalue weighted by Crippen LogP contribution is 2.01. The van der Waals surface area contributed by atoms with E-state index in [1.54, 1.807) is 6.07 Å². The van der Waals surface area contributed by atoms with E-state index in [2.05, 4.69) is 0 Å². The largest absolute Gasteiger partial charge is 0.488 e. The first-order chi connectivity index (χ1) is 6.38. The Kier molecular flexibility index (Phi) is 3.27. The number of hydrogen-bond donors (Lipinski definition) is 3. The Morgan fingerprint density at radius 3 is 2.50 bits per heavy atom. The highest BCUT2D eigenvalue weighted by molar-refractivity contribution is 7.88. The highest BCUT2D eigenvalue weighted by atomic mass is 32.2. The summed E-state index contributed by atoms with van der Waals surface area (Å²) in [5.41, 5.74) is 0.671. The van der Waals surface area contributed by atoms with Crippen molar-refractivity contribution in [2.24, 2.45) is 5.14 Å². The van der Waals surface area contributed by atoms with Crippen LogP contribution in [-0.4, -0.2) is 25.6 Å². The molecule has 0 amide bonds. The van der Waals surface area contributed by atoms with E-state index in [1.165, 1.54) is 18.2 Å². The molecule has 0 heterocycles. The summed E-state index contributed by atoms with van der Waals surface area (Å²) < 4.78 is 21.5. The van der Waals surface area contributed by atoms with Crippen molar-refractivity contribution in [1.29, 1.82) is 0 Å². The summed E-state index contributed by atoms with van der Waals surface area (Å²) in [5.74, 6) is -0.312. The molecule has 0 aromatic heterocycles. The van der Waals surface area contributed by atoms with Gasteiger partial charge in [-0.15, -0.1) is 0 Å². The van der Waals surface area contributed by atoms with E-state index in [0.29, 0.717) is 5.56 Å². The Morgan fingerprint density at radius 1 is 1.36 bits per heavy atom. The van der Waals surface area contributed by atoms with Gasteiger partial charge in [0.2, 0.25) is 10.0 Å². The molecule has 4 N–H and O–H groups in total. The predicted octanol–water partition coefficient (Wildman–Crippen LogP) is -1.85. The first kappa shape index (κ1) is 11.2. The molecule has 7 heteroatoms. The minimum Gasteiger partial charge on any atom is -0.423 e. The molecule has 0 radical (unpaired) electrons. The second-order valence-electron chi connectivity index (χ2n) is 2.93. The maximum Gasteiger partial charge on any atom is 0.488 e. The average Bonchev–Trinajstić information content (AvgIpc) is 2.01. The van der Waals surface area contributed by atoms with Crippen LogP contribution in [-0.2, 0) is 15.8 Å². The molecule has 0 aliphatic heterocycles. The van der Waals surface area contributed by atoms with E-state index < -0.39 is 17.1 Å². The number of hydrogen-bond acceptors (Lipinski definition) is 4. The molecule has 0 bridgehead atoms. The van der Waals surface area contributed by atoms with Crippen LogP contribution < -0.4 is 10.6 Å². The van der Waals surface area contributed by atoms with Crippen LogP contribution in [0.5, 0.6) is 0 Å². The summed E-state index contributed by atoms with van der Waals surface area (Å²) in [6.45, 7) is 0. The third kappa shape index (κ3) is 3.47. The average molecular weight is 215 g/mol. The molecule has 0 saturated heterocycles. The standard InChI is InChI=1S/C7H10BNO4S/c9-14(12,13)5-6-2-1-3-7(4-6)8(10)11/h1-4,10-11H,5H2,(H2,9,12,13). The van der Waals surface area contributed by atoms with Crippen molar-refractivity contribution in [2.75, 3.05) is 0 Å². The second kappa shape index (κ2) is 4.10. The fraction of sp³-hybridized carbons (Fsp3) is 0.143. The van der Waals surface area contributed by atoms with E-state index in [4.69, 9.17) is 15.2 Å². The van der Waals surface area contributed by atoms with E-state index in [0.717, 1.165) is 0 Å². The predicted molar refractivity (Wildman–Crippen MR) is 53.1 cm³/mol. The van der Waals surface area contributed by atoms with Gasteiger partial charge in [0, 0.05) is 0 Å². The SMILES string of the molecule is NS(=O)(=O)Cc1cccc(B(O)O)c1. The lowest BCUT2D eigenvalue weighted by molar-refractivity contribution is 0.425. The molecule has 1 aromatic rings. The fourth-order valence-electron chi connectivity index (χ4n) is 1.08. The molecule has 0 spiro atoms.